The van der Waals surface area contributed by atoms with E-state index in [-0.39, 0.29) is 18.1 Å². The lowest BCUT2D eigenvalue weighted by atomic mass is 9.80. The van der Waals surface area contributed by atoms with Gasteiger partial charge in [-0.3, -0.25) is 4.79 Å². The third kappa shape index (κ3) is 1.92. The zero-order valence-corrected chi connectivity index (χ0v) is 8.57. The van der Waals surface area contributed by atoms with Crippen molar-refractivity contribution in [1.29, 1.82) is 5.26 Å². The monoisotopic (exact) mass is 199 g/mol. The van der Waals surface area contributed by atoms with Gasteiger partial charge in [-0.1, -0.05) is 24.3 Å². The van der Waals surface area contributed by atoms with Gasteiger partial charge in [-0.05, 0) is 30.4 Å². The van der Waals surface area contributed by atoms with E-state index in [1.165, 1.54) is 5.56 Å². The van der Waals surface area contributed by atoms with Crippen LogP contribution in [-0.2, 0) is 11.2 Å². The van der Waals surface area contributed by atoms with Crippen molar-refractivity contribution < 1.29 is 4.79 Å². The standard InChI is InChI=1S/C13H13NO/c14-9-8-13(15)12-7-3-5-10-4-1-2-6-11(10)12/h1-2,4,6,12H,3,5,7-8H2. The van der Waals surface area contributed by atoms with Crippen molar-refractivity contribution in [2.75, 3.05) is 0 Å². The van der Waals surface area contributed by atoms with E-state index in [9.17, 15) is 4.79 Å². The Labute approximate surface area is 89.5 Å². The number of ketones is 1. The first-order valence-electron chi connectivity index (χ1n) is 5.30. The van der Waals surface area contributed by atoms with Gasteiger partial charge >= 0.3 is 0 Å². The Kier molecular flexibility index (Phi) is 2.82. The van der Waals surface area contributed by atoms with E-state index in [1.54, 1.807) is 0 Å². The van der Waals surface area contributed by atoms with Gasteiger partial charge in [0.05, 0.1) is 12.5 Å². The molecule has 2 heteroatoms. The molecule has 1 unspecified atom stereocenters. The van der Waals surface area contributed by atoms with Gasteiger partial charge in [-0.2, -0.15) is 5.26 Å². The number of carbonyl (C=O) groups excluding carboxylic acids is 1. The van der Waals surface area contributed by atoms with E-state index in [1.807, 2.05) is 24.3 Å². The second-order valence-corrected chi connectivity index (χ2v) is 3.94. The number of carbonyl (C=O) groups is 1. The Hall–Kier alpha value is -1.62. The van der Waals surface area contributed by atoms with Crippen LogP contribution in [0.15, 0.2) is 24.3 Å². The molecular weight excluding hydrogens is 186 g/mol. The summed E-state index contributed by atoms with van der Waals surface area (Å²) in [4.78, 5) is 11.7. The van der Waals surface area contributed by atoms with Crippen molar-refractivity contribution in [2.24, 2.45) is 0 Å². The predicted molar refractivity (Wildman–Crippen MR) is 57.4 cm³/mol. The maximum absolute atomic E-state index is 11.7. The van der Waals surface area contributed by atoms with E-state index in [2.05, 4.69) is 6.07 Å². The number of rotatable bonds is 2. The number of hydrogen-bond donors (Lipinski definition) is 0. The molecule has 0 heterocycles. The number of fused-ring (bicyclic) bond motifs is 1. The summed E-state index contributed by atoms with van der Waals surface area (Å²) in [6.07, 6.45) is 3.06. The highest BCUT2D eigenvalue weighted by Crippen LogP contribution is 2.32. The fourth-order valence-electron chi connectivity index (χ4n) is 2.29. The molecule has 15 heavy (non-hydrogen) atoms. The van der Waals surface area contributed by atoms with Crippen LogP contribution in [0.5, 0.6) is 0 Å². The van der Waals surface area contributed by atoms with Crippen LogP contribution in [0, 0.1) is 11.3 Å². The topological polar surface area (TPSA) is 40.9 Å². The van der Waals surface area contributed by atoms with E-state index < -0.39 is 0 Å². The van der Waals surface area contributed by atoms with Crippen molar-refractivity contribution in [3.63, 3.8) is 0 Å². The zero-order valence-electron chi connectivity index (χ0n) is 8.57. The smallest absolute Gasteiger partial charge is 0.154 e. The maximum Gasteiger partial charge on any atom is 0.154 e. The molecule has 1 aromatic carbocycles. The zero-order chi connectivity index (χ0) is 10.7. The third-order valence-corrected chi connectivity index (χ3v) is 3.01. The molecule has 2 rings (SSSR count). The van der Waals surface area contributed by atoms with Gasteiger partial charge in [0.15, 0.2) is 5.78 Å². The van der Waals surface area contributed by atoms with Crippen molar-refractivity contribution in [3.05, 3.63) is 35.4 Å². The summed E-state index contributed by atoms with van der Waals surface area (Å²) >= 11 is 0. The van der Waals surface area contributed by atoms with Gasteiger partial charge < -0.3 is 0 Å². The van der Waals surface area contributed by atoms with Gasteiger partial charge in [0.1, 0.15) is 0 Å². The van der Waals surface area contributed by atoms with Crippen molar-refractivity contribution in [3.8, 4) is 6.07 Å². The number of nitriles is 1. The second-order valence-electron chi connectivity index (χ2n) is 3.94. The van der Waals surface area contributed by atoms with Gasteiger partial charge in [0.2, 0.25) is 0 Å². The van der Waals surface area contributed by atoms with Crippen molar-refractivity contribution in [2.45, 2.75) is 31.6 Å². The fourth-order valence-corrected chi connectivity index (χ4v) is 2.29. The SMILES string of the molecule is N#CCC(=O)C1CCCc2ccccc21. The molecule has 0 N–H and O–H groups in total. The van der Waals surface area contributed by atoms with Crippen LogP contribution >= 0.6 is 0 Å². The maximum atomic E-state index is 11.7. The molecule has 0 aromatic heterocycles. The Morgan fingerprint density at radius 2 is 2.27 bits per heavy atom. The quantitative estimate of drug-likeness (QED) is 0.734. The predicted octanol–water partition coefficient (Wildman–Crippen LogP) is 2.59. The number of hydrogen-bond acceptors (Lipinski definition) is 2. The molecule has 76 valence electrons. The van der Waals surface area contributed by atoms with E-state index in [0.717, 1.165) is 24.8 Å². The Bertz CT molecular complexity index is 417. The molecule has 0 bridgehead atoms. The molecule has 0 fully saturated rings. The summed E-state index contributed by atoms with van der Waals surface area (Å²) in [7, 11) is 0. The largest absolute Gasteiger partial charge is 0.298 e. The summed E-state index contributed by atoms with van der Waals surface area (Å²) in [5.41, 5.74) is 2.42. The van der Waals surface area contributed by atoms with Gasteiger partial charge in [-0.25, -0.2) is 0 Å². The molecule has 0 aliphatic heterocycles. The summed E-state index contributed by atoms with van der Waals surface area (Å²) in [6, 6.07) is 10.0. The van der Waals surface area contributed by atoms with Crippen LogP contribution < -0.4 is 0 Å². The normalized spacial score (nSPS) is 19.0. The van der Waals surface area contributed by atoms with E-state index in [0.29, 0.717) is 0 Å². The summed E-state index contributed by atoms with van der Waals surface area (Å²) in [5.74, 6) is 0.0410. The van der Waals surface area contributed by atoms with Crippen LogP contribution in [0.25, 0.3) is 0 Å². The molecule has 0 radical (unpaired) electrons. The first-order chi connectivity index (χ1) is 7.33. The number of Topliss-reactive ketones (excluding diaryl/α,β-unsaturated/α-hetero) is 1. The molecule has 0 spiro atoms. The Morgan fingerprint density at radius 3 is 3.07 bits per heavy atom. The molecule has 0 amide bonds. The molecule has 2 nitrogen and oxygen atoms in total. The Morgan fingerprint density at radius 1 is 1.47 bits per heavy atom. The summed E-state index contributed by atoms with van der Waals surface area (Å²) in [5, 5.41) is 8.54. The highest BCUT2D eigenvalue weighted by Gasteiger charge is 2.25. The van der Waals surface area contributed by atoms with E-state index in [4.69, 9.17) is 5.26 Å². The molecule has 1 atom stereocenters. The molecule has 0 saturated carbocycles. The molecular formula is C13H13NO. The number of nitrogens with zero attached hydrogens (tertiary/aromatic N) is 1. The first kappa shape index (κ1) is 9.92. The third-order valence-electron chi connectivity index (χ3n) is 3.01. The van der Waals surface area contributed by atoms with Gasteiger partial charge in [0.25, 0.3) is 0 Å². The van der Waals surface area contributed by atoms with Crippen LogP contribution in [0.1, 0.15) is 36.3 Å². The highest BCUT2D eigenvalue weighted by atomic mass is 16.1. The van der Waals surface area contributed by atoms with Gasteiger partial charge in [-0.15, -0.1) is 0 Å². The summed E-state index contributed by atoms with van der Waals surface area (Å²) < 4.78 is 0. The lowest BCUT2D eigenvalue weighted by molar-refractivity contribution is -0.119. The minimum Gasteiger partial charge on any atom is -0.298 e. The molecule has 0 saturated heterocycles. The van der Waals surface area contributed by atoms with Crippen molar-refractivity contribution in [1.82, 2.24) is 0 Å². The minimum atomic E-state index is -0.0328. The first-order valence-corrected chi connectivity index (χ1v) is 5.30. The molecule has 1 aliphatic rings. The average molecular weight is 199 g/mol. The number of benzene rings is 1. The summed E-state index contributed by atoms with van der Waals surface area (Å²) in [6.45, 7) is 0. The Balaban J connectivity index is 2.30. The van der Waals surface area contributed by atoms with Gasteiger partial charge in [0, 0.05) is 5.92 Å². The molecule has 1 aliphatic carbocycles. The number of aryl methyl sites for hydroxylation is 1. The van der Waals surface area contributed by atoms with Crippen molar-refractivity contribution >= 4 is 5.78 Å². The van der Waals surface area contributed by atoms with Crippen LogP contribution in [0.4, 0.5) is 0 Å². The molecule has 1 aromatic rings. The fraction of sp³-hybridized carbons (Fsp3) is 0.385. The van der Waals surface area contributed by atoms with E-state index >= 15 is 0 Å². The van der Waals surface area contributed by atoms with Crippen LogP contribution in [-0.4, -0.2) is 5.78 Å². The van der Waals surface area contributed by atoms with Crippen LogP contribution in [0.2, 0.25) is 0 Å². The minimum absolute atomic E-state index is 0.0328. The average Bonchev–Trinajstić information content (AvgIpc) is 2.28. The van der Waals surface area contributed by atoms with Crippen LogP contribution in [0.3, 0.4) is 0 Å². The lowest BCUT2D eigenvalue weighted by Crippen LogP contribution is -2.17. The second kappa shape index (κ2) is 4.27. The highest BCUT2D eigenvalue weighted by molar-refractivity contribution is 5.87. The lowest BCUT2D eigenvalue weighted by Gasteiger charge is -2.23.